The summed E-state index contributed by atoms with van der Waals surface area (Å²) in [4.78, 5) is 10.6. The molecule has 0 aliphatic rings. The van der Waals surface area contributed by atoms with Crippen LogP contribution < -0.4 is 5.73 Å². The van der Waals surface area contributed by atoms with Gasteiger partial charge in [-0.05, 0) is 31.5 Å². The molecule has 0 unspecified atom stereocenters. The standard InChI is InChI=1S/C18H19N3O2/c1-18(2,19)12-20-16-9-8-15(21(22)23)10-14(16)11-17(20)13-6-4-3-5-7-13/h3-11H,12,19H2,1-2H3. The molecule has 5 nitrogen and oxygen atoms in total. The Bertz CT molecular complexity index is 861. The minimum Gasteiger partial charge on any atom is -0.339 e. The average molecular weight is 309 g/mol. The maximum absolute atomic E-state index is 11.0. The SMILES string of the molecule is CC(C)(N)Cn1c(-c2ccccc2)cc2cc([N+](=O)[O-])ccc21. The Morgan fingerprint density at radius 3 is 2.43 bits per heavy atom. The molecule has 1 heterocycles. The van der Waals surface area contributed by atoms with Gasteiger partial charge >= 0.3 is 0 Å². The Labute approximate surface area is 134 Å². The van der Waals surface area contributed by atoms with E-state index >= 15 is 0 Å². The van der Waals surface area contributed by atoms with E-state index in [-0.39, 0.29) is 10.6 Å². The molecule has 3 rings (SSSR count). The molecule has 2 aromatic carbocycles. The average Bonchev–Trinajstić information content (AvgIpc) is 2.84. The molecular weight excluding hydrogens is 290 g/mol. The predicted molar refractivity (Wildman–Crippen MR) is 92.3 cm³/mol. The molecule has 0 radical (unpaired) electrons. The van der Waals surface area contributed by atoms with Crippen molar-refractivity contribution in [1.82, 2.24) is 4.57 Å². The molecule has 0 saturated carbocycles. The van der Waals surface area contributed by atoms with Crippen LogP contribution in [0.4, 0.5) is 5.69 Å². The molecular formula is C18H19N3O2. The second kappa shape index (κ2) is 5.52. The number of hydrogen-bond acceptors (Lipinski definition) is 3. The third kappa shape index (κ3) is 3.10. The molecule has 0 bridgehead atoms. The summed E-state index contributed by atoms with van der Waals surface area (Å²) in [5.74, 6) is 0. The van der Waals surface area contributed by atoms with Crippen molar-refractivity contribution in [1.29, 1.82) is 0 Å². The van der Waals surface area contributed by atoms with Crippen molar-refractivity contribution >= 4 is 16.6 Å². The summed E-state index contributed by atoms with van der Waals surface area (Å²) in [7, 11) is 0. The summed E-state index contributed by atoms with van der Waals surface area (Å²) in [6.07, 6.45) is 0. The van der Waals surface area contributed by atoms with E-state index in [0.717, 1.165) is 22.2 Å². The van der Waals surface area contributed by atoms with Gasteiger partial charge in [0.15, 0.2) is 0 Å². The fourth-order valence-electron chi connectivity index (χ4n) is 2.80. The van der Waals surface area contributed by atoms with Crippen molar-refractivity contribution in [3.05, 3.63) is 64.7 Å². The molecule has 0 aliphatic carbocycles. The molecule has 5 heteroatoms. The van der Waals surface area contributed by atoms with E-state index in [2.05, 4.69) is 4.57 Å². The first-order valence-electron chi connectivity index (χ1n) is 7.47. The zero-order valence-corrected chi connectivity index (χ0v) is 13.2. The lowest BCUT2D eigenvalue weighted by atomic mass is 10.1. The summed E-state index contributed by atoms with van der Waals surface area (Å²) in [5, 5.41) is 11.9. The van der Waals surface area contributed by atoms with Crippen LogP contribution in [0.15, 0.2) is 54.6 Å². The van der Waals surface area contributed by atoms with E-state index in [1.807, 2.05) is 50.2 Å². The predicted octanol–water partition coefficient (Wildman–Crippen LogP) is 3.95. The fourth-order valence-corrected chi connectivity index (χ4v) is 2.80. The number of nitrogens with zero attached hydrogens (tertiary/aromatic N) is 2. The van der Waals surface area contributed by atoms with Gasteiger partial charge in [-0.15, -0.1) is 0 Å². The Morgan fingerprint density at radius 1 is 1.13 bits per heavy atom. The summed E-state index contributed by atoms with van der Waals surface area (Å²) in [6.45, 7) is 4.57. The first kappa shape index (κ1) is 15.2. The fraction of sp³-hybridized carbons (Fsp3) is 0.222. The van der Waals surface area contributed by atoms with Crippen molar-refractivity contribution in [2.45, 2.75) is 25.9 Å². The van der Waals surface area contributed by atoms with Crippen LogP contribution in [-0.4, -0.2) is 15.0 Å². The number of nitro groups is 1. The van der Waals surface area contributed by atoms with E-state index in [4.69, 9.17) is 5.73 Å². The lowest BCUT2D eigenvalue weighted by molar-refractivity contribution is -0.384. The van der Waals surface area contributed by atoms with Gasteiger partial charge in [-0.3, -0.25) is 10.1 Å². The summed E-state index contributed by atoms with van der Waals surface area (Å²) >= 11 is 0. The van der Waals surface area contributed by atoms with Gasteiger partial charge in [-0.2, -0.15) is 0 Å². The minimum atomic E-state index is -0.392. The molecule has 3 aromatic rings. The number of rotatable bonds is 4. The van der Waals surface area contributed by atoms with Crippen molar-refractivity contribution in [2.24, 2.45) is 5.73 Å². The molecule has 0 saturated heterocycles. The van der Waals surface area contributed by atoms with Crippen LogP contribution in [0.5, 0.6) is 0 Å². The van der Waals surface area contributed by atoms with Gasteiger partial charge in [0.2, 0.25) is 0 Å². The number of nitro benzene ring substituents is 1. The highest BCUT2D eigenvalue weighted by Crippen LogP contribution is 2.31. The first-order chi connectivity index (χ1) is 10.8. The first-order valence-corrected chi connectivity index (χ1v) is 7.47. The van der Waals surface area contributed by atoms with Crippen LogP contribution in [0, 0.1) is 10.1 Å². The smallest absolute Gasteiger partial charge is 0.270 e. The van der Waals surface area contributed by atoms with Crippen LogP contribution in [0.1, 0.15) is 13.8 Å². The van der Waals surface area contributed by atoms with Gasteiger partial charge < -0.3 is 10.3 Å². The zero-order valence-electron chi connectivity index (χ0n) is 13.2. The Kier molecular flexibility index (Phi) is 3.66. The van der Waals surface area contributed by atoms with Crippen LogP contribution in [0.3, 0.4) is 0 Å². The number of hydrogen-bond donors (Lipinski definition) is 1. The van der Waals surface area contributed by atoms with Crippen molar-refractivity contribution in [3.63, 3.8) is 0 Å². The summed E-state index contributed by atoms with van der Waals surface area (Å²) in [6, 6.07) is 16.9. The highest BCUT2D eigenvalue weighted by molar-refractivity contribution is 5.88. The Hall–Kier alpha value is -2.66. The number of non-ortho nitro benzene ring substituents is 1. The van der Waals surface area contributed by atoms with Crippen LogP contribution in [0.2, 0.25) is 0 Å². The largest absolute Gasteiger partial charge is 0.339 e. The van der Waals surface area contributed by atoms with Crippen molar-refractivity contribution in [2.75, 3.05) is 0 Å². The van der Waals surface area contributed by atoms with Gasteiger partial charge in [-0.25, -0.2) is 0 Å². The molecule has 1 aromatic heterocycles. The molecule has 0 spiro atoms. The normalized spacial score (nSPS) is 11.8. The summed E-state index contributed by atoms with van der Waals surface area (Å²) < 4.78 is 2.13. The highest BCUT2D eigenvalue weighted by Gasteiger charge is 2.19. The van der Waals surface area contributed by atoms with Gasteiger partial charge in [0, 0.05) is 40.8 Å². The van der Waals surface area contributed by atoms with Crippen molar-refractivity contribution in [3.8, 4) is 11.3 Å². The number of nitrogens with two attached hydrogens (primary N) is 1. The van der Waals surface area contributed by atoms with Crippen LogP contribution >= 0.6 is 0 Å². The monoisotopic (exact) mass is 309 g/mol. The van der Waals surface area contributed by atoms with E-state index in [9.17, 15) is 10.1 Å². The lowest BCUT2D eigenvalue weighted by Gasteiger charge is -2.22. The van der Waals surface area contributed by atoms with E-state index in [1.165, 1.54) is 6.07 Å². The van der Waals surface area contributed by atoms with Crippen LogP contribution in [0.25, 0.3) is 22.2 Å². The van der Waals surface area contributed by atoms with Crippen LogP contribution in [-0.2, 0) is 6.54 Å². The van der Waals surface area contributed by atoms with Gasteiger partial charge in [0.05, 0.1) is 4.92 Å². The molecule has 2 N–H and O–H groups in total. The lowest BCUT2D eigenvalue weighted by Crippen LogP contribution is -2.37. The second-order valence-electron chi connectivity index (χ2n) is 6.47. The second-order valence-corrected chi connectivity index (χ2v) is 6.47. The van der Waals surface area contributed by atoms with Gasteiger partial charge in [0.25, 0.3) is 5.69 Å². The molecule has 23 heavy (non-hydrogen) atoms. The summed E-state index contributed by atoms with van der Waals surface area (Å²) in [5.41, 5.74) is 8.95. The third-order valence-electron chi connectivity index (χ3n) is 3.73. The number of fused-ring (bicyclic) bond motifs is 1. The molecule has 118 valence electrons. The molecule has 0 aliphatic heterocycles. The third-order valence-corrected chi connectivity index (χ3v) is 3.73. The zero-order chi connectivity index (χ0) is 16.6. The highest BCUT2D eigenvalue weighted by atomic mass is 16.6. The maximum atomic E-state index is 11.0. The maximum Gasteiger partial charge on any atom is 0.270 e. The van der Waals surface area contributed by atoms with Gasteiger partial charge in [-0.1, -0.05) is 30.3 Å². The number of benzene rings is 2. The minimum absolute atomic E-state index is 0.0984. The number of aromatic nitrogens is 1. The molecule has 0 amide bonds. The van der Waals surface area contributed by atoms with E-state index < -0.39 is 5.54 Å². The Morgan fingerprint density at radius 2 is 1.83 bits per heavy atom. The van der Waals surface area contributed by atoms with Gasteiger partial charge in [0.1, 0.15) is 0 Å². The Balaban J connectivity index is 2.24. The van der Waals surface area contributed by atoms with Crippen molar-refractivity contribution < 1.29 is 4.92 Å². The quantitative estimate of drug-likeness (QED) is 0.585. The topological polar surface area (TPSA) is 74.1 Å². The molecule has 0 atom stereocenters. The van der Waals surface area contributed by atoms with E-state index in [0.29, 0.717) is 6.54 Å². The molecule has 0 fully saturated rings. The van der Waals surface area contributed by atoms with E-state index in [1.54, 1.807) is 12.1 Å².